The molecule has 0 unspecified atom stereocenters. The zero-order valence-corrected chi connectivity index (χ0v) is 8.30. The maximum absolute atomic E-state index is 11.0. The number of fused-ring (bicyclic) bond motifs is 1. The van der Waals surface area contributed by atoms with Crippen LogP contribution in [0, 0.1) is 0 Å². The van der Waals surface area contributed by atoms with Crippen LogP contribution in [-0.4, -0.2) is 17.4 Å². The van der Waals surface area contributed by atoms with Crippen molar-refractivity contribution < 1.29 is 9.53 Å². The highest BCUT2D eigenvalue weighted by atomic mass is 32.1. The molecule has 0 fully saturated rings. The molecule has 0 aliphatic heterocycles. The molecule has 2 rings (SSSR count). The van der Waals surface area contributed by atoms with Crippen LogP contribution in [0.1, 0.15) is 10.5 Å². The molecule has 0 bridgehead atoms. The standard InChI is InChI=1S/C9H8N2O2S/c1-13-5-2-3-7-6(4-5)8(9(10)12)11-14-7/h2-4H,1H3,(H2,10,12). The first-order valence-corrected chi connectivity index (χ1v) is 4.73. The summed E-state index contributed by atoms with van der Waals surface area (Å²) in [5.74, 6) is 0.185. The van der Waals surface area contributed by atoms with Gasteiger partial charge in [0.1, 0.15) is 11.4 Å². The highest BCUT2D eigenvalue weighted by molar-refractivity contribution is 7.13. The van der Waals surface area contributed by atoms with E-state index in [-0.39, 0.29) is 0 Å². The van der Waals surface area contributed by atoms with E-state index in [9.17, 15) is 4.79 Å². The van der Waals surface area contributed by atoms with Crippen LogP contribution in [0.3, 0.4) is 0 Å². The molecule has 14 heavy (non-hydrogen) atoms. The molecule has 1 heterocycles. The molecule has 0 aliphatic rings. The van der Waals surface area contributed by atoms with Gasteiger partial charge in [0.2, 0.25) is 0 Å². The summed E-state index contributed by atoms with van der Waals surface area (Å²) >= 11 is 1.26. The molecule has 0 saturated heterocycles. The topological polar surface area (TPSA) is 65.2 Å². The minimum absolute atomic E-state index is 0.309. The Balaban J connectivity index is 2.69. The second kappa shape index (κ2) is 3.26. The van der Waals surface area contributed by atoms with Crippen LogP contribution in [-0.2, 0) is 0 Å². The largest absolute Gasteiger partial charge is 0.497 e. The van der Waals surface area contributed by atoms with E-state index in [1.54, 1.807) is 13.2 Å². The quantitative estimate of drug-likeness (QED) is 0.811. The molecule has 1 aromatic heterocycles. The molecule has 0 atom stereocenters. The van der Waals surface area contributed by atoms with Gasteiger partial charge in [0, 0.05) is 5.39 Å². The van der Waals surface area contributed by atoms with Gasteiger partial charge < -0.3 is 10.5 Å². The van der Waals surface area contributed by atoms with Gasteiger partial charge in [-0.25, -0.2) is 0 Å². The van der Waals surface area contributed by atoms with Crippen molar-refractivity contribution in [1.29, 1.82) is 0 Å². The highest BCUT2D eigenvalue weighted by Gasteiger charge is 2.11. The van der Waals surface area contributed by atoms with Crippen molar-refractivity contribution in [1.82, 2.24) is 4.37 Å². The van der Waals surface area contributed by atoms with Crippen molar-refractivity contribution in [2.24, 2.45) is 5.73 Å². The molecule has 0 saturated carbocycles. The molecule has 72 valence electrons. The number of rotatable bonds is 2. The van der Waals surface area contributed by atoms with Gasteiger partial charge in [0.15, 0.2) is 0 Å². The van der Waals surface area contributed by atoms with E-state index in [0.717, 1.165) is 10.1 Å². The van der Waals surface area contributed by atoms with Crippen molar-refractivity contribution in [2.75, 3.05) is 7.11 Å². The van der Waals surface area contributed by atoms with Crippen molar-refractivity contribution in [3.63, 3.8) is 0 Å². The maximum atomic E-state index is 11.0. The fourth-order valence-corrected chi connectivity index (χ4v) is 1.98. The van der Waals surface area contributed by atoms with Gasteiger partial charge in [-0.1, -0.05) is 0 Å². The van der Waals surface area contributed by atoms with Crippen LogP contribution < -0.4 is 10.5 Å². The average molecular weight is 208 g/mol. The number of nitrogens with zero attached hydrogens (tertiary/aromatic N) is 1. The first kappa shape index (κ1) is 8.96. The summed E-state index contributed by atoms with van der Waals surface area (Å²) in [6.45, 7) is 0. The lowest BCUT2D eigenvalue weighted by Gasteiger charge is -1.98. The number of amides is 1. The predicted molar refractivity (Wildman–Crippen MR) is 54.7 cm³/mol. The van der Waals surface area contributed by atoms with Gasteiger partial charge in [-0.2, -0.15) is 4.37 Å². The van der Waals surface area contributed by atoms with Crippen LogP contribution in [0.25, 0.3) is 10.1 Å². The van der Waals surface area contributed by atoms with E-state index >= 15 is 0 Å². The third kappa shape index (κ3) is 1.31. The summed E-state index contributed by atoms with van der Waals surface area (Å²) in [6, 6.07) is 5.45. The number of ether oxygens (including phenoxy) is 1. The van der Waals surface area contributed by atoms with Crippen LogP contribution in [0.2, 0.25) is 0 Å². The predicted octanol–water partition coefficient (Wildman–Crippen LogP) is 1.40. The van der Waals surface area contributed by atoms with E-state index in [4.69, 9.17) is 10.5 Å². The number of carbonyl (C=O) groups is 1. The van der Waals surface area contributed by atoms with E-state index in [1.165, 1.54) is 11.5 Å². The van der Waals surface area contributed by atoms with Crippen LogP contribution >= 0.6 is 11.5 Å². The summed E-state index contributed by atoms with van der Waals surface area (Å²) in [5.41, 5.74) is 5.49. The third-order valence-corrected chi connectivity index (χ3v) is 2.74. The van der Waals surface area contributed by atoms with Crippen LogP contribution in [0.5, 0.6) is 5.75 Å². The van der Waals surface area contributed by atoms with Gasteiger partial charge in [-0.05, 0) is 29.7 Å². The zero-order valence-electron chi connectivity index (χ0n) is 7.48. The molecule has 1 amide bonds. The van der Waals surface area contributed by atoms with E-state index < -0.39 is 5.91 Å². The van der Waals surface area contributed by atoms with E-state index in [0.29, 0.717) is 11.4 Å². The number of benzene rings is 1. The van der Waals surface area contributed by atoms with Crippen LogP contribution in [0.4, 0.5) is 0 Å². The van der Waals surface area contributed by atoms with Gasteiger partial charge in [0.25, 0.3) is 5.91 Å². The Kier molecular flexibility index (Phi) is 2.09. The average Bonchev–Trinajstić information content (AvgIpc) is 2.59. The summed E-state index contributed by atoms with van der Waals surface area (Å²) in [4.78, 5) is 11.0. The lowest BCUT2D eigenvalue weighted by Crippen LogP contribution is -2.11. The molecule has 4 nitrogen and oxygen atoms in total. The molecule has 0 radical (unpaired) electrons. The monoisotopic (exact) mass is 208 g/mol. The molecule has 2 N–H and O–H groups in total. The molecule has 2 aromatic rings. The highest BCUT2D eigenvalue weighted by Crippen LogP contribution is 2.26. The van der Waals surface area contributed by atoms with Gasteiger partial charge >= 0.3 is 0 Å². The number of aromatic nitrogens is 1. The van der Waals surface area contributed by atoms with Gasteiger partial charge in [0.05, 0.1) is 11.8 Å². The Labute approximate surface area is 84.5 Å². The van der Waals surface area contributed by atoms with E-state index in [1.807, 2.05) is 12.1 Å². The minimum Gasteiger partial charge on any atom is -0.497 e. The maximum Gasteiger partial charge on any atom is 0.269 e. The smallest absolute Gasteiger partial charge is 0.269 e. The number of nitrogens with two attached hydrogens (primary N) is 1. The Morgan fingerprint density at radius 1 is 1.57 bits per heavy atom. The SMILES string of the molecule is COc1ccc2snc(C(N)=O)c2c1. The molecule has 0 spiro atoms. The zero-order chi connectivity index (χ0) is 10.1. The fourth-order valence-electron chi connectivity index (χ4n) is 1.22. The fraction of sp³-hybridized carbons (Fsp3) is 0.111. The molecule has 5 heteroatoms. The summed E-state index contributed by atoms with van der Waals surface area (Å²) < 4.78 is 9.96. The molecule has 0 aliphatic carbocycles. The van der Waals surface area contributed by atoms with Gasteiger partial charge in [-0.3, -0.25) is 4.79 Å². The number of carbonyl (C=O) groups excluding carboxylic acids is 1. The lowest BCUT2D eigenvalue weighted by molar-refractivity contribution is 0.0998. The van der Waals surface area contributed by atoms with Crippen molar-refractivity contribution in [2.45, 2.75) is 0 Å². The number of hydrogen-bond acceptors (Lipinski definition) is 4. The Hall–Kier alpha value is -1.62. The Morgan fingerprint density at radius 2 is 2.36 bits per heavy atom. The Bertz CT molecular complexity index is 493. The third-order valence-electron chi connectivity index (χ3n) is 1.91. The van der Waals surface area contributed by atoms with Crippen molar-refractivity contribution in [3.8, 4) is 5.75 Å². The summed E-state index contributed by atoms with van der Waals surface area (Å²) in [6.07, 6.45) is 0. The Morgan fingerprint density at radius 3 is 3.00 bits per heavy atom. The second-order valence-corrected chi connectivity index (χ2v) is 3.56. The second-order valence-electron chi connectivity index (χ2n) is 2.76. The lowest BCUT2D eigenvalue weighted by atomic mass is 10.2. The molecule has 1 aromatic carbocycles. The first-order chi connectivity index (χ1) is 6.72. The molecular weight excluding hydrogens is 200 g/mol. The first-order valence-electron chi connectivity index (χ1n) is 3.95. The number of hydrogen-bond donors (Lipinski definition) is 1. The normalized spacial score (nSPS) is 10.4. The van der Waals surface area contributed by atoms with E-state index in [2.05, 4.69) is 4.37 Å². The van der Waals surface area contributed by atoms with Crippen molar-refractivity contribution in [3.05, 3.63) is 23.9 Å². The van der Waals surface area contributed by atoms with Crippen LogP contribution in [0.15, 0.2) is 18.2 Å². The summed E-state index contributed by atoms with van der Waals surface area (Å²) in [7, 11) is 1.57. The molecular formula is C9H8N2O2S. The number of primary amides is 1. The minimum atomic E-state index is -0.510. The number of methoxy groups -OCH3 is 1. The van der Waals surface area contributed by atoms with Crippen molar-refractivity contribution >= 4 is 27.5 Å². The summed E-state index contributed by atoms with van der Waals surface area (Å²) in [5, 5.41) is 0.752. The van der Waals surface area contributed by atoms with Gasteiger partial charge in [-0.15, -0.1) is 0 Å².